The van der Waals surface area contributed by atoms with Gasteiger partial charge in [0, 0.05) is 24.8 Å². The predicted octanol–water partition coefficient (Wildman–Crippen LogP) is 0.367. The fraction of sp³-hybridized carbons (Fsp3) is 0.500. The van der Waals surface area contributed by atoms with Gasteiger partial charge in [-0.1, -0.05) is 0 Å². The fourth-order valence-corrected chi connectivity index (χ4v) is 2.43. The van der Waals surface area contributed by atoms with Gasteiger partial charge in [-0.3, -0.25) is 9.78 Å². The molecule has 1 aromatic rings. The van der Waals surface area contributed by atoms with Crippen molar-refractivity contribution in [1.29, 1.82) is 0 Å². The average Bonchev–Trinajstić information content (AvgIpc) is 2.89. The third kappa shape index (κ3) is 4.00. The monoisotopic (exact) mass is 283 g/mol. The van der Waals surface area contributed by atoms with Crippen molar-refractivity contribution in [3.8, 4) is 0 Å². The molecule has 1 fully saturated rings. The molecule has 2 rings (SSSR count). The number of nitrogens with one attached hydrogen (secondary N) is 1. The first kappa shape index (κ1) is 14.0. The molecule has 1 amide bonds. The molecule has 0 atom stereocenters. The summed E-state index contributed by atoms with van der Waals surface area (Å²) in [5.74, 6) is -0.0134. The number of carbonyl (C=O) groups is 1. The Kier molecular flexibility index (Phi) is 4.16. The van der Waals surface area contributed by atoms with Gasteiger partial charge in [0.05, 0.1) is 18.5 Å². The van der Waals surface area contributed by atoms with Gasteiger partial charge in [-0.2, -0.15) is 0 Å². The highest BCUT2D eigenvalue weighted by atomic mass is 32.2. The van der Waals surface area contributed by atoms with Gasteiger partial charge in [0.1, 0.15) is 0 Å². The number of carbonyl (C=O) groups excluding carboxylic acids is 1. The van der Waals surface area contributed by atoms with Crippen LogP contribution in [0.5, 0.6) is 0 Å². The second kappa shape index (κ2) is 5.66. The van der Waals surface area contributed by atoms with E-state index in [1.54, 1.807) is 12.1 Å². The number of sulfonamides is 1. The molecular formula is C12H17N3O3S. The molecule has 19 heavy (non-hydrogen) atoms. The van der Waals surface area contributed by atoms with Gasteiger partial charge in [0.2, 0.25) is 10.0 Å². The quantitative estimate of drug-likeness (QED) is 0.865. The number of rotatable bonds is 4. The highest BCUT2D eigenvalue weighted by Gasteiger charge is 2.19. The van der Waals surface area contributed by atoms with Gasteiger partial charge in [-0.05, 0) is 25.0 Å². The van der Waals surface area contributed by atoms with Crippen molar-refractivity contribution in [3.05, 3.63) is 29.6 Å². The summed E-state index contributed by atoms with van der Waals surface area (Å²) in [6.07, 6.45) is 4.70. The molecule has 0 radical (unpaired) electrons. The number of amides is 1. The molecule has 1 N–H and O–H groups in total. The summed E-state index contributed by atoms with van der Waals surface area (Å²) < 4.78 is 24.4. The van der Waals surface area contributed by atoms with Gasteiger partial charge in [-0.25, -0.2) is 13.1 Å². The van der Waals surface area contributed by atoms with Crippen LogP contribution in [-0.2, 0) is 16.6 Å². The summed E-state index contributed by atoms with van der Waals surface area (Å²) in [7, 11) is -3.26. The smallest absolute Gasteiger partial charge is 0.253 e. The standard InChI is InChI=1S/C12H17N3O3S/c1-19(17,18)14-9-11-8-10(4-5-13-11)12(16)15-6-2-3-7-15/h4-5,8,14H,2-3,6-7,9H2,1H3. The van der Waals surface area contributed by atoms with Crippen LogP contribution in [0.2, 0.25) is 0 Å². The summed E-state index contributed by atoms with van der Waals surface area (Å²) in [5, 5.41) is 0. The maximum atomic E-state index is 12.2. The molecule has 1 saturated heterocycles. The number of hydrogen-bond acceptors (Lipinski definition) is 4. The van der Waals surface area contributed by atoms with E-state index in [4.69, 9.17) is 0 Å². The molecule has 0 aromatic carbocycles. The van der Waals surface area contributed by atoms with Gasteiger partial charge in [-0.15, -0.1) is 0 Å². The second-order valence-corrected chi connectivity index (χ2v) is 6.46. The first-order valence-corrected chi connectivity index (χ1v) is 8.04. The third-order valence-electron chi connectivity index (χ3n) is 2.97. The largest absolute Gasteiger partial charge is 0.339 e. The van der Waals surface area contributed by atoms with Crippen LogP contribution in [0.15, 0.2) is 18.3 Å². The van der Waals surface area contributed by atoms with Crippen molar-refractivity contribution < 1.29 is 13.2 Å². The summed E-state index contributed by atoms with van der Waals surface area (Å²) in [6.45, 7) is 1.68. The Morgan fingerprint density at radius 3 is 2.74 bits per heavy atom. The molecule has 6 nitrogen and oxygen atoms in total. The number of aromatic nitrogens is 1. The van der Waals surface area contributed by atoms with E-state index in [-0.39, 0.29) is 12.5 Å². The number of likely N-dealkylation sites (tertiary alicyclic amines) is 1. The highest BCUT2D eigenvalue weighted by molar-refractivity contribution is 7.88. The van der Waals surface area contributed by atoms with E-state index in [2.05, 4.69) is 9.71 Å². The topological polar surface area (TPSA) is 79.4 Å². The van der Waals surface area contributed by atoms with E-state index >= 15 is 0 Å². The zero-order chi connectivity index (χ0) is 13.9. The minimum Gasteiger partial charge on any atom is -0.339 e. The van der Waals surface area contributed by atoms with Crippen LogP contribution in [0.1, 0.15) is 28.9 Å². The Balaban J connectivity index is 2.08. The Hall–Kier alpha value is -1.47. The van der Waals surface area contributed by atoms with Crippen molar-refractivity contribution in [2.24, 2.45) is 0 Å². The summed E-state index contributed by atoms with van der Waals surface area (Å²) in [6, 6.07) is 3.30. The SMILES string of the molecule is CS(=O)(=O)NCc1cc(C(=O)N2CCCC2)ccn1. The van der Waals surface area contributed by atoms with Crippen LogP contribution in [0.4, 0.5) is 0 Å². The zero-order valence-corrected chi connectivity index (χ0v) is 11.6. The van der Waals surface area contributed by atoms with Crippen LogP contribution in [0, 0.1) is 0 Å². The molecule has 104 valence electrons. The Morgan fingerprint density at radius 1 is 1.42 bits per heavy atom. The third-order valence-corrected chi connectivity index (χ3v) is 3.64. The molecule has 1 aromatic heterocycles. The van der Waals surface area contributed by atoms with Gasteiger partial charge >= 0.3 is 0 Å². The van der Waals surface area contributed by atoms with Gasteiger partial charge in [0.25, 0.3) is 5.91 Å². The first-order valence-electron chi connectivity index (χ1n) is 6.14. The fourth-order valence-electron chi connectivity index (χ4n) is 2.02. The Bertz CT molecular complexity index is 565. The molecule has 0 aliphatic carbocycles. The predicted molar refractivity (Wildman–Crippen MR) is 71.1 cm³/mol. The van der Waals surface area contributed by atoms with Crippen LogP contribution in [0.3, 0.4) is 0 Å². The molecule has 1 aliphatic heterocycles. The number of pyridine rings is 1. The highest BCUT2D eigenvalue weighted by Crippen LogP contribution is 2.13. The summed E-state index contributed by atoms with van der Waals surface area (Å²) in [5.41, 5.74) is 1.10. The van der Waals surface area contributed by atoms with E-state index < -0.39 is 10.0 Å². The maximum absolute atomic E-state index is 12.2. The van der Waals surface area contributed by atoms with Gasteiger partial charge in [0.15, 0.2) is 0 Å². The normalized spacial score (nSPS) is 15.7. The first-order chi connectivity index (χ1) is 8.96. The van der Waals surface area contributed by atoms with Crippen LogP contribution in [-0.4, -0.2) is 43.6 Å². The van der Waals surface area contributed by atoms with Crippen LogP contribution in [0.25, 0.3) is 0 Å². The second-order valence-electron chi connectivity index (χ2n) is 4.63. The molecular weight excluding hydrogens is 266 g/mol. The van der Waals surface area contributed by atoms with Crippen molar-refractivity contribution in [1.82, 2.24) is 14.6 Å². The van der Waals surface area contributed by atoms with Gasteiger partial charge < -0.3 is 4.90 Å². The average molecular weight is 283 g/mol. The zero-order valence-electron chi connectivity index (χ0n) is 10.8. The summed E-state index contributed by atoms with van der Waals surface area (Å²) >= 11 is 0. The van der Waals surface area contributed by atoms with Crippen molar-refractivity contribution in [2.75, 3.05) is 19.3 Å². The van der Waals surface area contributed by atoms with Crippen molar-refractivity contribution in [2.45, 2.75) is 19.4 Å². The Labute approximate surface area is 112 Å². The van der Waals surface area contributed by atoms with E-state index in [1.807, 2.05) is 4.90 Å². The van der Waals surface area contributed by atoms with Crippen molar-refractivity contribution in [3.63, 3.8) is 0 Å². The van der Waals surface area contributed by atoms with E-state index in [1.165, 1.54) is 6.20 Å². The molecule has 0 spiro atoms. The van der Waals surface area contributed by atoms with Crippen LogP contribution >= 0.6 is 0 Å². The van der Waals surface area contributed by atoms with Crippen molar-refractivity contribution >= 4 is 15.9 Å². The molecule has 0 saturated carbocycles. The molecule has 2 heterocycles. The molecule has 0 unspecified atom stereocenters. The lowest BCUT2D eigenvalue weighted by Crippen LogP contribution is -2.28. The van der Waals surface area contributed by atoms with E-state index in [9.17, 15) is 13.2 Å². The number of hydrogen-bond donors (Lipinski definition) is 1. The van der Waals surface area contributed by atoms with E-state index in [0.29, 0.717) is 11.3 Å². The number of nitrogens with zero attached hydrogens (tertiary/aromatic N) is 2. The minimum atomic E-state index is -3.26. The minimum absolute atomic E-state index is 0.0134. The molecule has 0 bridgehead atoms. The van der Waals surface area contributed by atoms with Crippen LogP contribution < -0.4 is 4.72 Å². The lowest BCUT2D eigenvalue weighted by atomic mass is 10.2. The summed E-state index contributed by atoms with van der Waals surface area (Å²) in [4.78, 5) is 18.0. The maximum Gasteiger partial charge on any atom is 0.253 e. The Morgan fingerprint density at radius 2 is 2.11 bits per heavy atom. The lowest BCUT2D eigenvalue weighted by molar-refractivity contribution is 0.0792. The molecule has 1 aliphatic rings. The van der Waals surface area contributed by atoms with E-state index in [0.717, 1.165) is 32.2 Å². The lowest BCUT2D eigenvalue weighted by Gasteiger charge is -2.15. The molecule has 7 heteroatoms.